The van der Waals surface area contributed by atoms with Gasteiger partial charge in [0.05, 0.1) is 0 Å². The molecule has 0 aliphatic carbocycles. The number of hydrogen-bond donors (Lipinski definition) is 1. The molecule has 0 saturated heterocycles. The summed E-state index contributed by atoms with van der Waals surface area (Å²) in [6.45, 7) is 9.26. The first kappa shape index (κ1) is 12.3. The van der Waals surface area contributed by atoms with E-state index >= 15 is 0 Å². The fourth-order valence-corrected chi connectivity index (χ4v) is 1.29. The zero-order chi connectivity index (χ0) is 11.3. The van der Waals surface area contributed by atoms with Crippen LogP contribution in [0.5, 0.6) is 0 Å². The van der Waals surface area contributed by atoms with E-state index in [4.69, 9.17) is 11.6 Å². The third kappa shape index (κ3) is 4.10. The lowest BCUT2D eigenvalue weighted by Gasteiger charge is -2.06. The van der Waals surface area contributed by atoms with Crippen LogP contribution in [0.15, 0.2) is 0 Å². The van der Waals surface area contributed by atoms with Crippen molar-refractivity contribution in [2.75, 3.05) is 13.1 Å². The summed E-state index contributed by atoms with van der Waals surface area (Å²) in [5.74, 6) is 1.75. The second kappa shape index (κ2) is 5.98. The monoisotopic (exact) mass is 227 g/mol. The second-order valence-electron chi connectivity index (χ2n) is 3.53. The Balaban J connectivity index is 2.71. The van der Waals surface area contributed by atoms with Crippen molar-refractivity contribution in [3.05, 3.63) is 23.9 Å². The number of halogens is 1. The molecule has 5 heteroatoms. The summed E-state index contributed by atoms with van der Waals surface area (Å²) in [5.41, 5.74) is 0. The average molecular weight is 228 g/mol. The molecule has 0 unspecified atom stereocenters. The summed E-state index contributed by atoms with van der Waals surface area (Å²) < 4.78 is 0. The van der Waals surface area contributed by atoms with E-state index in [1.165, 1.54) is 0 Å². The Labute approximate surface area is 95.5 Å². The Morgan fingerprint density at radius 2 is 2.07 bits per heavy atom. The van der Waals surface area contributed by atoms with E-state index in [0.717, 1.165) is 24.6 Å². The van der Waals surface area contributed by atoms with Gasteiger partial charge in [-0.2, -0.15) is 0 Å². The van der Waals surface area contributed by atoms with Gasteiger partial charge in [-0.3, -0.25) is 0 Å². The fourth-order valence-electron chi connectivity index (χ4n) is 1.10. The summed E-state index contributed by atoms with van der Waals surface area (Å²) >= 11 is 5.81. The number of hydrogen-bond acceptors (Lipinski definition) is 4. The molecule has 1 radical (unpaired) electrons. The molecule has 0 amide bonds. The van der Waals surface area contributed by atoms with E-state index in [1.54, 1.807) is 0 Å². The SMILES string of the molecule is [CH2]CNCCc1nc(Cl)nc(C(C)C)n1. The van der Waals surface area contributed by atoms with Gasteiger partial charge < -0.3 is 5.32 Å². The van der Waals surface area contributed by atoms with Crippen LogP contribution in [0.1, 0.15) is 31.4 Å². The van der Waals surface area contributed by atoms with E-state index in [-0.39, 0.29) is 11.2 Å². The molecule has 0 aliphatic rings. The van der Waals surface area contributed by atoms with Gasteiger partial charge >= 0.3 is 0 Å². The average Bonchev–Trinajstić information content (AvgIpc) is 2.17. The quantitative estimate of drug-likeness (QED) is 0.777. The van der Waals surface area contributed by atoms with Crippen LogP contribution < -0.4 is 5.32 Å². The lowest BCUT2D eigenvalue weighted by molar-refractivity contribution is 0.685. The van der Waals surface area contributed by atoms with Crippen LogP contribution in [0, 0.1) is 6.92 Å². The third-order valence-electron chi connectivity index (χ3n) is 1.89. The third-order valence-corrected chi connectivity index (χ3v) is 2.06. The second-order valence-corrected chi connectivity index (χ2v) is 3.87. The summed E-state index contributed by atoms with van der Waals surface area (Å²) in [5, 5.41) is 3.39. The molecule has 1 aromatic rings. The lowest BCUT2D eigenvalue weighted by atomic mass is 10.2. The molecule has 4 nitrogen and oxygen atoms in total. The Morgan fingerprint density at radius 1 is 1.33 bits per heavy atom. The van der Waals surface area contributed by atoms with Crippen molar-refractivity contribution < 1.29 is 0 Å². The zero-order valence-electron chi connectivity index (χ0n) is 9.13. The first-order valence-electron chi connectivity index (χ1n) is 5.03. The molecule has 1 N–H and O–H groups in total. The highest BCUT2D eigenvalue weighted by Gasteiger charge is 2.07. The molecule has 0 fully saturated rings. The van der Waals surface area contributed by atoms with E-state index in [1.807, 2.05) is 13.8 Å². The Morgan fingerprint density at radius 3 is 2.67 bits per heavy atom. The van der Waals surface area contributed by atoms with Gasteiger partial charge in [0.25, 0.3) is 0 Å². The summed E-state index contributed by atoms with van der Waals surface area (Å²) in [6, 6.07) is 0. The highest BCUT2D eigenvalue weighted by Crippen LogP contribution is 2.11. The number of nitrogens with zero attached hydrogens (tertiary/aromatic N) is 3. The van der Waals surface area contributed by atoms with E-state index < -0.39 is 0 Å². The van der Waals surface area contributed by atoms with Gasteiger partial charge in [0.2, 0.25) is 5.28 Å². The van der Waals surface area contributed by atoms with Crippen LogP contribution in [-0.2, 0) is 6.42 Å². The minimum atomic E-state index is 0.269. The normalized spacial score (nSPS) is 11.0. The molecule has 1 heterocycles. The molecular formula is C10H16ClN4. The predicted octanol–water partition coefficient (Wildman–Crippen LogP) is 1.61. The van der Waals surface area contributed by atoms with Crippen molar-refractivity contribution in [1.29, 1.82) is 0 Å². The first-order chi connectivity index (χ1) is 7.13. The molecule has 1 rings (SSSR count). The maximum Gasteiger partial charge on any atom is 0.225 e. The van der Waals surface area contributed by atoms with Crippen LogP contribution in [0.4, 0.5) is 0 Å². The van der Waals surface area contributed by atoms with E-state index in [9.17, 15) is 0 Å². The van der Waals surface area contributed by atoms with Crippen LogP contribution in [0.25, 0.3) is 0 Å². The van der Waals surface area contributed by atoms with Crippen molar-refractivity contribution >= 4 is 11.6 Å². The number of nitrogens with one attached hydrogen (secondary N) is 1. The first-order valence-corrected chi connectivity index (χ1v) is 5.41. The van der Waals surface area contributed by atoms with Crippen LogP contribution in [0.2, 0.25) is 5.28 Å². The molecule has 83 valence electrons. The molecule has 0 aliphatic heterocycles. The molecule has 0 atom stereocenters. The van der Waals surface area contributed by atoms with Crippen molar-refractivity contribution in [2.45, 2.75) is 26.2 Å². The summed E-state index contributed by atoms with van der Waals surface area (Å²) in [4.78, 5) is 12.5. The molecular weight excluding hydrogens is 212 g/mol. The number of aromatic nitrogens is 3. The van der Waals surface area contributed by atoms with Gasteiger partial charge in [-0.25, -0.2) is 15.0 Å². The van der Waals surface area contributed by atoms with Gasteiger partial charge in [-0.1, -0.05) is 13.8 Å². The molecule has 0 aromatic carbocycles. The van der Waals surface area contributed by atoms with Crippen molar-refractivity contribution in [3.63, 3.8) is 0 Å². The van der Waals surface area contributed by atoms with Crippen molar-refractivity contribution in [2.24, 2.45) is 0 Å². The summed E-state index contributed by atoms with van der Waals surface area (Å²) in [6.07, 6.45) is 0.748. The predicted molar refractivity (Wildman–Crippen MR) is 60.9 cm³/mol. The fraction of sp³-hybridized carbons (Fsp3) is 0.600. The largest absolute Gasteiger partial charge is 0.316 e. The van der Waals surface area contributed by atoms with Gasteiger partial charge in [0.15, 0.2) is 0 Å². The Kier molecular flexibility index (Phi) is 4.91. The maximum atomic E-state index is 5.81. The minimum Gasteiger partial charge on any atom is -0.316 e. The van der Waals surface area contributed by atoms with Crippen LogP contribution >= 0.6 is 11.6 Å². The standard InChI is InChI=1S/C10H16ClN4/c1-4-12-6-5-8-13-9(7(2)3)15-10(11)14-8/h7,12H,1,4-6H2,2-3H3. The highest BCUT2D eigenvalue weighted by atomic mass is 35.5. The lowest BCUT2D eigenvalue weighted by Crippen LogP contribution is -2.18. The summed E-state index contributed by atoms with van der Waals surface area (Å²) in [7, 11) is 0. The van der Waals surface area contributed by atoms with Gasteiger partial charge in [-0.15, -0.1) is 0 Å². The number of rotatable bonds is 5. The Hall–Kier alpha value is -0.740. The van der Waals surface area contributed by atoms with Crippen molar-refractivity contribution in [1.82, 2.24) is 20.3 Å². The van der Waals surface area contributed by atoms with E-state index in [0.29, 0.717) is 6.54 Å². The highest BCUT2D eigenvalue weighted by molar-refractivity contribution is 6.28. The van der Waals surface area contributed by atoms with Gasteiger partial charge in [0.1, 0.15) is 11.6 Å². The molecule has 15 heavy (non-hydrogen) atoms. The minimum absolute atomic E-state index is 0.269. The van der Waals surface area contributed by atoms with Crippen LogP contribution in [-0.4, -0.2) is 28.0 Å². The van der Waals surface area contributed by atoms with Crippen molar-refractivity contribution in [3.8, 4) is 0 Å². The van der Waals surface area contributed by atoms with Gasteiger partial charge in [0, 0.05) is 18.9 Å². The molecule has 0 spiro atoms. The molecule has 0 saturated carbocycles. The van der Waals surface area contributed by atoms with Gasteiger partial charge in [-0.05, 0) is 25.1 Å². The van der Waals surface area contributed by atoms with E-state index in [2.05, 4.69) is 27.2 Å². The zero-order valence-corrected chi connectivity index (χ0v) is 9.88. The maximum absolute atomic E-state index is 5.81. The Bertz CT molecular complexity index is 314. The topological polar surface area (TPSA) is 50.7 Å². The smallest absolute Gasteiger partial charge is 0.225 e. The molecule has 0 bridgehead atoms. The van der Waals surface area contributed by atoms with Crippen LogP contribution in [0.3, 0.4) is 0 Å². The molecule has 1 aromatic heterocycles.